The summed E-state index contributed by atoms with van der Waals surface area (Å²) in [5, 5.41) is 3.90. The summed E-state index contributed by atoms with van der Waals surface area (Å²) in [4.78, 5) is 3.84. The Morgan fingerprint density at radius 2 is 2.25 bits per heavy atom. The summed E-state index contributed by atoms with van der Waals surface area (Å²) in [5.41, 5.74) is 5.34. The maximum atomic E-state index is 11.7. The van der Waals surface area contributed by atoms with E-state index in [9.17, 15) is 4.39 Å². The van der Waals surface area contributed by atoms with Crippen molar-refractivity contribution in [3.8, 4) is 0 Å². The summed E-state index contributed by atoms with van der Waals surface area (Å²) in [6, 6.07) is 0. The van der Waals surface area contributed by atoms with Gasteiger partial charge in [-0.2, -0.15) is 4.98 Å². The van der Waals surface area contributed by atoms with Crippen LogP contribution in [-0.4, -0.2) is 21.4 Å². The number of nitrogens with zero attached hydrogens (tertiary/aromatic N) is 3. The second-order valence-corrected chi connectivity index (χ2v) is 3.07. The molecule has 1 aromatic rings. The summed E-state index contributed by atoms with van der Waals surface area (Å²) < 4.78 is 13.9. The Bertz CT molecular complexity index is 250. The maximum Gasteiger partial charge on any atom is 0.240 e. The van der Waals surface area contributed by atoms with Crippen molar-refractivity contribution in [3.63, 3.8) is 0 Å². The highest BCUT2D eigenvalue weighted by atomic mass is 79.9. The lowest BCUT2D eigenvalue weighted by atomic mass is 10.3. The molecular formula is C6H10BrFN4. The third-order valence-electron chi connectivity index (χ3n) is 1.40. The number of aryl methyl sites for hydroxylation is 1. The number of unbranched alkanes of at least 4 members (excludes halogenated alkanes) is 1. The molecule has 0 radical (unpaired) electrons. The molecule has 0 amide bonds. The zero-order chi connectivity index (χ0) is 8.97. The van der Waals surface area contributed by atoms with Crippen LogP contribution in [0.1, 0.15) is 12.8 Å². The molecule has 0 bridgehead atoms. The fourth-order valence-corrected chi connectivity index (χ4v) is 1.28. The van der Waals surface area contributed by atoms with E-state index in [0.29, 0.717) is 17.7 Å². The van der Waals surface area contributed by atoms with E-state index in [1.807, 2.05) is 0 Å². The molecule has 0 unspecified atom stereocenters. The number of aromatic nitrogens is 3. The molecule has 1 aromatic heterocycles. The fraction of sp³-hybridized carbons (Fsp3) is 0.667. The molecule has 12 heavy (non-hydrogen) atoms. The van der Waals surface area contributed by atoms with Crippen molar-refractivity contribution in [1.82, 2.24) is 14.8 Å². The van der Waals surface area contributed by atoms with Gasteiger partial charge in [-0.15, -0.1) is 5.10 Å². The van der Waals surface area contributed by atoms with E-state index < -0.39 is 0 Å². The van der Waals surface area contributed by atoms with E-state index in [1.165, 1.54) is 0 Å². The highest BCUT2D eigenvalue weighted by Gasteiger charge is 2.02. The first-order valence-electron chi connectivity index (χ1n) is 3.66. The number of anilines is 1. The van der Waals surface area contributed by atoms with Crippen molar-refractivity contribution in [2.24, 2.45) is 0 Å². The SMILES string of the molecule is Nc1nc(Br)n(CCCCF)n1. The Morgan fingerprint density at radius 3 is 2.75 bits per heavy atom. The average Bonchev–Trinajstić information content (AvgIpc) is 2.31. The molecular weight excluding hydrogens is 227 g/mol. The predicted molar refractivity (Wildman–Crippen MR) is 47.3 cm³/mol. The van der Waals surface area contributed by atoms with Crippen molar-refractivity contribution < 1.29 is 4.39 Å². The van der Waals surface area contributed by atoms with Crippen LogP contribution < -0.4 is 5.73 Å². The average molecular weight is 237 g/mol. The smallest absolute Gasteiger partial charge is 0.240 e. The molecule has 0 spiro atoms. The van der Waals surface area contributed by atoms with Gasteiger partial charge < -0.3 is 5.73 Å². The Balaban J connectivity index is 2.45. The van der Waals surface area contributed by atoms with Crippen LogP contribution in [0.3, 0.4) is 0 Å². The first-order valence-corrected chi connectivity index (χ1v) is 4.45. The quantitative estimate of drug-likeness (QED) is 0.804. The molecule has 0 aliphatic carbocycles. The van der Waals surface area contributed by atoms with Crippen molar-refractivity contribution in [3.05, 3.63) is 4.73 Å². The summed E-state index contributed by atoms with van der Waals surface area (Å²) in [7, 11) is 0. The van der Waals surface area contributed by atoms with E-state index in [4.69, 9.17) is 5.73 Å². The van der Waals surface area contributed by atoms with Gasteiger partial charge in [0.2, 0.25) is 5.95 Å². The van der Waals surface area contributed by atoms with Crippen molar-refractivity contribution >= 4 is 21.9 Å². The van der Waals surface area contributed by atoms with Crippen molar-refractivity contribution in [1.29, 1.82) is 0 Å². The van der Waals surface area contributed by atoms with Crippen LogP contribution in [0, 0.1) is 0 Å². The Morgan fingerprint density at radius 1 is 1.50 bits per heavy atom. The van der Waals surface area contributed by atoms with E-state index in [2.05, 4.69) is 26.0 Å². The molecule has 0 saturated heterocycles. The van der Waals surface area contributed by atoms with Crippen molar-refractivity contribution in [2.75, 3.05) is 12.4 Å². The van der Waals surface area contributed by atoms with Crippen LogP contribution in [0.2, 0.25) is 0 Å². The van der Waals surface area contributed by atoms with Gasteiger partial charge in [0.25, 0.3) is 0 Å². The second-order valence-electron chi connectivity index (χ2n) is 2.36. The molecule has 4 nitrogen and oxygen atoms in total. The third-order valence-corrected chi connectivity index (χ3v) is 1.98. The lowest BCUT2D eigenvalue weighted by Gasteiger charge is -1.98. The van der Waals surface area contributed by atoms with Crippen LogP contribution in [-0.2, 0) is 6.54 Å². The highest BCUT2D eigenvalue weighted by Crippen LogP contribution is 2.08. The number of hydrogen-bond acceptors (Lipinski definition) is 3. The van der Waals surface area contributed by atoms with E-state index in [1.54, 1.807) is 4.68 Å². The second kappa shape index (κ2) is 4.39. The normalized spacial score (nSPS) is 10.5. The fourth-order valence-electron chi connectivity index (χ4n) is 0.838. The molecule has 0 aromatic carbocycles. The van der Waals surface area contributed by atoms with Gasteiger partial charge in [-0.25, -0.2) is 4.68 Å². The molecule has 2 N–H and O–H groups in total. The Kier molecular flexibility index (Phi) is 3.46. The van der Waals surface area contributed by atoms with E-state index in [0.717, 1.165) is 6.42 Å². The van der Waals surface area contributed by atoms with Gasteiger partial charge in [0, 0.05) is 6.54 Å². The van der Waals surface area contributed by atoms with Gasteiger partial charge >= 0.3 is 0 Å². The monoisotopic (exact) mass is 236 g/mol. The summed E-state index contributed by atoms with van der Waals surface area (Å²) in [6.07, 6.45) is 1.30. The van der Waals surface area contributed by atoms with Gasteiger partial charge in [0.1, 0.15) is 0 Å². The molecule has 0 aliphatic heterocycles. The third kappa shape index (κ3) is 2.44. The molecule has 1 rings (SSSR count). The lowest BCUT2D eigenvalue weighted by molar-refractivity contribution is 0.438. The topological polar surface area (TPSA) is 56.7 Å². The number of nitrogen functional groups attached to an aromatic ring is 1. The van der Waals surface area contributed by atoms with E-state index >= 15 is 0 Å². The largest absolute Gasteiger partial charge is 0.366 e. The summed E-state index contributed by atoms with van der Waals surface area (Å²) in [6.45, 7) is 0.358. The summed E-state index contributed by atoms with van der Waals surface area (Å²) in [5.74, 6) is 0.238. The molecule has 68 valence electrons. The minimum absolute atomic E-state index is 0.238. The molecule has 0 saturated carbocycles. The predicted octanol–water partition coefficient (Wildman–Crippen LogP) is 1.37. The molecule has 0 fully saturated rings. The van der Waals surface area contributed by atoms with Gasteiger partial charge in [-0.05, 0) is 28.8 Å². The Labute approximate surface area is 78.1 Å². The van der Waals surface area contributed by atoms with Crippen LogP contribution >= 0.6 is 15.9 Å². The minimum Gasteiger partial charge on any atom is -0.366 e. The van der Waals surface area contributed by atoms with Gasteiger partial charge in [-0.1, -0.05) is 0 Å². The first-order chi connectivity index (χ1) is 5.74. The molecule has 0 atom stereocenters. The van der Waals surface area contributed by atoms with E-state index in [-0.39, 0.29) is 12.6 Å². The maximum absolute atomic E-state index is 11.7. The summed E-state index contributed by atoms with van der Waals surface area (Å²) >= 11 is 3.18. The number of nitrogens with two attached hydrogens (primary N) is 1. The standard InChI is InChI=1S/C6H10BrFN4/c7-5-10-6(9)11-12(5)4-2-1-3-8/h1-4H2,(H2,9,11). The highest BCUT2D eigenvalue weighted by molar-refractivity contribution is 9.10. The van der Waals surface area contributed by atoms with Crippen LogP contribution in [0.25, 0.3) is 0 Å². The van der Waals surface area contributed by atoms with Crippen LogP contribution in [0.4, 0.5) is 10.3 Å². The first kappa shape index (κ1) is 9.44. The number of alkyl halides is 1. The van der Waals surface area contributed by atoms with Gasteiger partial charge in [0.05, 0.1) is 6.67 Å². The van der Waals surface area contributed by atoms with Crippen LogP contribution in [0.15, 0.2) is 4.73 Å². The van der Waals surface area contributed by atoms with Gasteiger partial charge in [0.15, 0.2) is 4.73 Å². The van der Waals surface area contributed by atoms with Crippen molar-refractivity contribution in [2.45, 2.75) is 19.4 Å². The zero-order valence-electron chi connectivity index (χ0n) is 6.50. The zero-order valence-corrected chi connectivity index (χ0v) is 8.09. The lowest BCUT2D eigenvalue weighted by Crippen LogP contribution is -2.01. The Hall–Kier alpha value is -0.650. The molecule has 1 heterocycles. The molecule has 6 heteroatoms. The molecule has 0 aliphatic rings. The minimum atomic E-state index is -0.290. The van der Waals surface area contributed by atoms with Gasteiger partial charge in [-0.3, -0.25) is 4.39 Å². The number of halogens is 2. The number of hydrogen-bond donors (Lipinski definition) is 1. The van der Waals surface area contributed by atoms with Crippen LogP contribution in [0.5, 0.6) is 0 Å². The number of rotatable bonds is 4.